The van der Waals surface area contributed by atoms with Crippen LogP contribution in [0.15, 0.2) is 42.5 Å². The maximum absolute atomic E-state index is 13.5. The molecule has 0 saturated heterocycles. The van der Waals surface area contributed by atoms with E-state index in [2.05, 4.69) is 5.32 Å². The molecule has 0 bridgehead atoms. The normalized spacial score (nSPS) is 14.9. The number of alkyl halides is 3. The molecule has 0 atom stereocenters. The van der Waals surface area contributed by atoms with Gasteiger partial charge in [-0.15, -0.1) is 0 Å². The number of urea groups is 1. The first-order valence-corrected chi connectivity index (χ1v) is 7.48. The second-order valence-corrected chi connectivity index (χ2v) is 5.66. The Morgan fingerprint density at radius 1 is 1.08 bits per heavy atom. The molecule has 1 aliphatic heterocycles. The largest absolute Gasteiger partial charge is 0.492 e. The highest BCUT2D eigenvalue weighted by molar-refractivity contribution is 6.31. The maximum Gasteiger partial charge on any atom is 0.492 e. The first-order valence-electron chi connectivity index (χ1n) is 7.10. The second-order valence-electron chi connectivity index (χ2n) is 5.26. The van der Waals surface area contributed by atoms with Crippen LogP contribution in [0, 0.1) is 6.92 Å². The Morgan fingerprint density at radius 3 is 2.24 bits per heavy atom. The molecule has 0 unspecified atom stereocenters. The Bertz CT molecular complexity index is 802. The smallest absolute Gasteiger partial charge is 0.424 e. The summed E-state index contributed by atoms with van der Waals surface area (Å²) >= 11 is 5.93. The number of para-hydroxylation sites is 2. The van der Waals surface area contributed by atoms with E-state index in [1.54, 1.807) is 24.4 Å². The summed E-state index contributed by atoms with van der Waals surface area (Å²) in [5.74, 6) is -3.56. The lowest BCUT2D eigenvalue weighted by atomic mass is 10.2. The van der Waals surface area contributed by atoms with Crippen molar-refractivity contribution in [3.8, 4) is 11.5 Å². The number of halogens is 4. The molecule has 25 heavy (non-hydrogen) atoms. The summed E-state index contributed by atoms with van der Waals surface area (Å²) < 4.78 is 50.3. The summed E-state index contributed by atoms with van der Waals surface area (Å²) in [7, 11) is 0. The summed E-state index contributed by atoms with van der Waals surface area (Å²) in [5, 5.41) is 4.38. The lowest BCUT2D eigenvalue weighted by molar-refractivity contribution is -0.317. The molecular formula is C16H12ClF3N2O3. The molecule has 1 heterocycles. The molecule has 5 nitrogen and oxygen atoms in total. The molecule has 2 amide bonds. The molecule has 0 spiro atoms. The van der Waals surface area contributed by atoms with Gasteiger partial charge in [-0.1, -0.05) is 29.8 Å². The molecule has 0 fully saturated rings. The highest BCUT2D eigenvalue weighted by Crippen LogP contribution is 2.44. The Morgan fingerprint density at radius 2 is 1.68 bits per heavy atom. The zero-order valence-corrected chi connectivity index (χ0v) is 13.5. The number of amides is 2. The Kier molecular flexibility index (Phi) is 4.16. The van der Waals surface area contributed by atoms with Gasteiger partial charge in [0.15, 0.2) is 11.5 Å². The predicted octanol–water partition coefficient (Wildman–Crippen LogP) is 4.46. The van der Waals surface area contributed by atoms with Crippen LogP contribution in [0.4, 0.5) is 23.7 Å². The predicted molar refractivity (Wildman–Crippen MR) is 84.8 cm³/mol. The van der Waals surface area contributed by atoms with E-state index >= 15 is 0 Å². The topological polar surface area (TPSA) is 59.6 Å². The van der Waals surface area contributed by atoms with E-state index in [1.165, 1.54) is 30.3 Å². The molecule has 1 aliphatic rings. The first kappa shape index (κ1) is 17.2. The van der Waals surface area contributed by atoms with Crippen LogP contribution in [-0.4, -0.2) is 18.1 Å². The average Bonchev–Trinajstić information content (AvgIpc) is 2.90. The number of hydrogen-bond acceptors (Lipinski definition) is 3. The number of nitrogens with one attached hydrogen (secondary N) is 2. The summed E-state index contributed by atoms with van der Waals surface area (Å²) in [6, 6.07) is 9.10. The number of ether oxygens (including phenoxy) is 2. The molecule has 2 aromatic carbocycles. The fraction of sp³-hybridized carbons (Fsp3) is 0.188. The van der Waals surface area contributed by atoms with E-state index < -0.39 is 18.1 Å². The fourth-order valence-electron chi connectivity index (χ4n) is 2.23. The van der Waals surface area contributed by atoms with Crippen LogP contribution in [0.3, 0.4) is 0 Å². The number of carbonyl (C=O) groups is 1. The SMILES string of the molecule is Cc1c(Cl)cccc1NC(=O)NC1(C(F)(F)F)Oc2ccccc2O1. The fourth-order valence-corrected chi connectivity index (χ4v) is 2.41. The number of hydrogen-bond donors (Lipinski definition) is 2. The lowest BCUT2D eigenvalue weighted by Crippen LogP contribution is -2.65. The van der Waals surface area contributed by atoms with Crippen LogP contribution in [0.25, 0.3) is 0 Å². The summed E-state index contributed by atoms with van der Waals surface area (Å²) in [5.41, 5.74) is 0.773. The van der Waals surface area contributed by atoms with Gasteiger partial charge < -0.3 is 14.8 Å². The molecule has 3 rings (SSSR count). The van der Waals surface area contributed by atoms with E-state index in [0.717, 1.165) is 0 Å². The third-order valence-electron chi connectivity index (χ3n) is 3.52. The van der Waals surface area contributed by atoms with E-state index in [-0.39, 0.29) is 17.2 Å². The zero-order chi connectivity index (χ0) is 18.2. The van der Waals surface area contributed by atoms with Gasteiger partial charge in [-0.2, -0.15) is 13.2 Å². The Balaban J connectivity index is 1.83. The van der Waals surface area contributed by atoms with Crippen LogP contribution < -0.4 is 20.1 Å². The third kappa shape index (κ3) is 3.17. The molecule has 2 aromatic rings. The van der Waals surface area contributed by atoms with Gasteiger partial charge in [0.25, 0.3) is 0 Å². The number of anilines is 1. The van der Waals surface area contributed by atoms with Gasteiger partial charge in [0, 0.05) is 10.7 Å². The average molecular weight is 373 g/mol. The summed E-state index contributed by atoms with van der Waals surface area (Å²) in [6.07, 6.45) is -5.02. The van der Waals surface area contributed by atoms with Crippen molar-refractivity contribution in [1.82, 2.24) is 5.32 Å². The maximum atomic E-state index is 13.5. The molecule has 0 aromatic heterocycles. The third-order valence-corrected chi connectivity index (χ3v) is 3.93. The summed E-state index contributed by atoms with van der Waals surface area (Å²) in [6.45, 7) is 1.62. The summed E-state index contributed by atoms with van der Waals surface area (Å²) in [4.78, 5) is 12.1. The highest BCUT2D eigenvalue weighted by atomic mass is 35.5. The standard InChI is InChI=1S/C16H12ClF3N2O3/c1-9-10(17)5-4-6-11(9)21-14(23)22-16(15(18,19)20)24-12-7-2-3-8-13(12)25-16/h2-8H,1H3,(H2,21,22,23). The number of carbonyl (C=O) groups excluding carboxylic acids is 1. The van der Waals surface area contributed by atoms with Crippen molar-refractivity contribution in [3.63, 3.8) is 0 Å². The molecule has 2 N–H and O–H groups in total. The van der Waals surface area contributed by atoms with Gasteiger partial charge in [0.05, 0.1) is 0 Å². The van der Waals surface area contributed by atoms with Gasteiger partial charge in [0.1, 0.15) is 0 Å². The van der Waals surface area contributed by atoms with E-state index in [4.69, 9.17) is 21.1 Å². The van der Waals surface area contributed by atoms with Gasteiger partial charge in [-0.05, 0) is 36.8 Å². The van der Waals surface area contributed by atoms with Gasteiger partial charge in [-0.25, -0.2) is 4.79 Å². The molecular weight excluding hydrogens is 361 g/mol. The van der Waals surface area contributed by atoms with Crippen molar-refractivity contribution in [1.29, 1.82) is 0 Å². The first-order chi connectivity index (χ1) is 11.7. The number of fused-ring (bicyclic) bond motifs is 1. The lowest BCUT2D eigenvalue weighted by Gasteiger charge is -2.29. The quantitative estimate of drug-likeness (QED) is 0.818. The van der Waals surface area contributed by atoms with E-state index in [1.807, 2.05) is 0 Å². The number of rotatable bonds is 2. The van der Waals surface area contributed by atoms with Gasteiger partial charge in [0.2, 0.25) is 0 Å². The molecule has 132 valence electrons. The molecule has 0 aliphatic carbocycles. The van der Waals surface area contributed by atoms with E-state index in [0.29, 0.717) is 10.6 Å². The van der Waals surface area contributed by atoms with Crippen molar-refractivity contribution in [2.45, 2.75) is 19.0 Å². The van der Waals surface area contributed by atoms with Crippen LogP contribution in [0.1, 0.15) is 5.56 Å². The molecule has 0 saturated carbocycles. The highest BCUT2D eigenvalue weighted by Gasteiger charge is 2.65. The molecule has 9 heteroatoms. The minimum atomic E-state index is -5.02. The monoisotopic (exact) mass is 372 g/mol. The van der Waals surface area contributed by atoms with Crippen LogP contribution in [0.5, 0.6) is 11.5 Å². The van der Waals surface area contributed by atoms with Crippen LogP contribution in [-0.2, 0) is 0 Å². The minimum absolute atomic E-state index is 0.126. The van der Waals surface area contributed by atoms with Crippen LogP contribution in [0.2, 0.25) is 5.02 Å². The van der Waals surface area contributed by atoms with Crippen molar-refractivity contribution >= 4 is 23.3 Å². The molecule has 0 radical (unpaired) electrons. The van der Waals surface area contributed by atoms with Crippen molar-refractivity contribution in [3.05, 3.63) is 53.1 Å². The van der Waals surface area contributed by atoms with E-state index in [9.17, 15) is 18.0 Å². The van der Waals surface area contributed by atoms with Crippen molar-refractivity contribution < 1.29 is 27.4 Å². The van der Waals surface area contributed by atoms with Gasteiger partial charge in [-0.3, -0.25) is 5.32 Å². The van der Waals surface area contributed by atoms with Crippen molar-refractivity contribution in [2.24, 2.45) is 0 Å². The Labute approximate surface area is 145 Å². The number of benzene rings is 2. The Hall–Kier alpha value is -2.61. The van der Waals surface area contributed by atoms with Gasteiger partial charge >= 0.3 is 18.1 Å². The zero-order valence-electron chi connectivity index (χ0n) is 12.8. The minimum Gasteiger partial charge on any atom is -0.424 e. The second kappa shape index (κ2) is 6.03. The van der Waals surface area contributed by atoms with Crippen molar-refractivity contribution in [2.75, 3.05) is 5.32 Å². The van der Waals surface area contributed by atoms with Crippen LogP contribution >= 0.6 is 11.6 Å².